The topological polar surface area (TPSA) is 86.8 Å². The molecule has 31 heavy (non-hydrogen) atoms. The fourth-order valence-corrected chi connectivity index (χ4v) is 4.39. The number of hydrogen-bond acceptors (Lipinski definition) is 4. The summed E-state index contributed by atoms with van der Waals surface area (Å²) in [6.45, 7) is 1.21. The zero-order valence-corrected chi connectivity index (χ0v) is 18.7. The zero-order valence-electron chi connectivity index (χ0n) is 17.1. The van der Waals surface area contributed by atoms with Gasteiger partial charge < -0.3 is 10.2 Å². The second kappa shape index (κ2) is 8.94. The first-order valence-electron chi connectivity index (χ1n) is 9.52. The lowest BCUT2D eigenvalue weighted by Gasteiger charge is -2.46. The van der Waals surface area contributed by atoms with Gasteiger partial charge in [-0.2, -0.15) is 4.31 Å². The smallest absolute Gasteiger partial charge is 0.247 e. The summed E-state index contributed by atoms with van der Waals surface area (Å²) in [6, 6.07) is 12.5. The van der Waals surface area contributed by atoms with Crippen molar-refractivity contribution in [2.45, 2.75) is 25.6 Å². The highest BCUT2D eigenvalue weighted by molar-refractivity contribution is 7.88. The lowest BCUT2D eigenvalue weighted by Crippen LogP contribution is -2.69. The van der Waals surface area contributed by atoms with Crippen molar-refractivity contribution in [2.75, 3.05) is 19.3 Å². The highest BCUT2D eigenvalue weighted by atomic mass is 35.5. The number of nitrogens with one attached hydrogen (secondary N) is 1. The Balaban J connectivity index is 1.87. The maximum Gasteiger partial charge on any atom is 0.247 e. The molecule has 1 unspecified atom stereocenters. The van der Waals surface area contributed by atoms with Crippen molar-refractivity contribution in [3.8, 4) is 0 Å². The average molecular weight is 468 g/mol. The summed E-state index contributed by atoms with van der Waals surface area (Å²) in [5.41, 5.74) is -0.0352. The number of halogens is 2. The van der Waals surface area contributed by atoms with E-state index in [1.807, 2.05) is 0 Å². The Hall–Kier alpha value is -2.49. The molecule has 0 bridgehead atoms. The molecule has 0 aromatic heterocycles. The maximum absolute atomic E-state index is 13.3. The van der Waals surface area contributed by atoms with Crippen molar-refractivity contribution in [3.05, 3.63) is 70.5 Å². The average Bonchev–Trinajstić information content (AvgIpc) is 2.70. The van der Waals surface area contributed by atoms with Gasteiger partial charge in [-0.1, -0.05) is 35.9 Å². The first-order valence-corrected chi connectivity index (χ1v) is 11.7. The van der Waals surface area contributed by atoms with Crippen molar-refractivity contribution in [2.24, 2.45) is 0 Å². The van der Waals surface area contributed by atoms with Crippen LogP contribution in [0.25, 0.3) is 0 Å². The number of carbonyl (C=O) groups is 2. The number of hydrogen-bond donors (Lipinski definition) is 1. The standard InChI is InChI=1S/C21H23ClFN3O4S/c1-21(20(28)24-11-15-3-7-17(22)8-4-15)14-25(31(2,29)30)13-19(27)26(21)12-16-5-9-18(23)10-6-16/h3-10H,11-14H2,1-2H3,(H,24,28). The van der Waals surface area contributed by atoms with Gasteiger partial charge in [0.2, 0.25) is 21.8 Å². The van der Waals surface area contributed by atoms with E-state index in [0.29, 0.717) is 10.6 Å². The molecule has 0 spiro atoms. The Bertz CT molecular complexity index is 1080. The van der Waals surface area contributed by atoms with Crippen molar-refractivity contribution in [3.63, 3.8) is 0 Å². The van der Waals surface area contributed by atoms with Crippen LogP contribution in [0.1, 0.15) is 18.1 Å². The van der Waals surface area contributed by atoms with Crippen LogP contribution >= 0.6 is 11.6 Å². The molecule has 0 radical (unpaired) electrons. The Kier molecular flexibility index (Phi) is 6.68. The van der Waals surface area contributed by atoms with Gasteiger partial charge in [-0.3, -0.25) is 9.59 Å². The Labute approximate surface area is 185 Å². The van der Waals surface area contributed by atoms with Gasteiger partial charge in [-0.15, -0.1) is 0 Å². The van der Waals surface area contributed by atoms with Gasteiger partial charge in [0.15, 0.2) is 0 Å². The van der Waals surface area contributed by atoms with Gasteiger partial charge in [0.05, 0.1) is 12.8 Å². The highest BCUT2D eigenvalue weighted by Crippen LogP contribution is 2.27. The van der Waals surface area contributed by atoms with Crippen molar-refractivity contribution < 1.29 is 22.4 Å². The molecule has 3 rings (SSSR count). The first-order chi connectivity index (χ1) is 14.5. The van der Waals surface area contributed by atoms with E-state index >= 15 is 0 Å². The predicted molar refractivity (Wildman–Crippen MR) is 115 cm³/mol. The molecule has 1 heterocycles. The number of sulfonamides is 1. The third-order valence-corrected chi connectivity index (χ3v) is 6.72. The second-order valence-electron chi connectivity index (χ2n) is 7.72. The van der Waals surface area contributed by atoms with Crippen LogP contribution in [0.3, 0.4) is 0 Å². The summed E-state index contributed by atoms with van der Waals surface area (Å²) in [4.78, 5) is 27.5. The second-order valence-corrected chi connectivity index (χ2v) is 10.1. The lowest BCUT2D eigenvalue weighted by atomic mass is 9.94. The molecule has 2 aromatic rings. The van der Waals surface area contributed by atoms with E-state index in [1.54, 1.807) is 24.3 Å². The van der Waals surface area contributed by atoms with Gasteiger partial charge >= 0.3 is 0 Å². The number of amides is 2. The third-order valence-electron chi connectivity index (χ3n) is 5.27. The van der Waals surface area contributed by atoms with Crippen LogP contribution < -0.4 is 5.32 Å². The van der Waals surface area contributed by atoms with Gasteiger partial charge in [-0.05, 0) is 42.3 Å². The van der Waals surface area contributed by atoms with Gasteiger partial charge in [0.25, 0.3) is 0 Å². The van der Waals surface area contributed by atoms with Crippen LogP contribution in [-0.2, 0) is 32.7 Å². The molecule has 1 fully saturated rings. The number of carbonyl (C=O) groups excluding carboxylic acids is 2. The molecule has 0 aliphatic carbocycles. The zero-order chi connectivity index (χ0) is 22.8. The molecule has 7 nitrogen and oxygen atoms in total. The lowest BCUT2D eigenvalue weighted by molar-refractivity contribution is -0.153. The molecule has 0 saturated carbocycles. The van der Waals surface area contributed by atoms with E-state index in [2.05, 4.69) is 5.32 Å². The minimum atomic E-state index is -3.70. The third kappa shape index (κ3) is 5.41. The molecule has 1 saturated heterocycles. The monoisotopic (exact) mass is 467 g/mol. The molecule has 1 aliphatic rings. The number of rotatable bonds is 6. The first kappa shape index (κ1) is 23.2. The number of piperazine rings is 1. The summed E-state index contributed by atoms with van der Waals surface area (Å²) in [5, 5.41) is 3.35. The summed E-state index contributed by atoms with van der Waals surface area (Å²) < 4.78 is 38.5. The minimum Gasteiger partial charge on any atom is -0.350 e. The van der Waals surface area contributed by atoms with E-state index < -0.39 is 33.2 Å². The van der Waals surface area contributed by atoms with Crippen molar-refractivity contribution in [1.29, 1.82) is 0 Å². The van der Waals surface area contributed by atoms with E-state index in [1.165, 1.54) is 36.1 Å². The molecule has 10 heteroatoms. The van der Waals surface area contributed by atoms with Crippen LogP contribution in [0.4, 0.5) is 4.39 Å². The highest BCUT2D eigenvalue weighted by Gasteiger charge is 2.49. The summed E-state index contributed by atoms with van der Waals surface area (Å²) in [6.07, 6.45) is 1.00. The van der Waals surface area contributed by atoms with Crippen LogP contribution in [0.15, 0.2) is 48.5 Å². The molecule has 166 valence electrons. The molecule has 2 amide bonds. The molecular formula is C21H23ClFN3O4S. The number of nitrogens with zero attached hydrogens (tertiary/aromatic N) is 2. The van der Waals surface area contributed by atoms with Gasteiger partial charge in [0.1, 0.15) is 11.4 Å². The van der Waals surface area contributed by atoms with Crippen molar-refractivity contribution in [1.82, 2.24) is 14.5 Å². The largest absolute Gasteiger partial charge is 0.350 e. The van der Waals surface area contributed by atoms with Crippen molar-refractivity contribution >= 4 is 33.4 Å². The fourth-order valence-electron chi connectivity index (χ4n) is 3.44. The van der Waals surface area contributed by atoms with E-state index in [0.717, 1.165) is 16.1 Å². The normalized spacial score (nSPS) is 20.0. The Morgan fingerprint density at radius 3 is 2.29 bits per heavy atom. The Morgan fingerprint density at radius 1 is 1.13 bits per heavy atom. The summed E-state index contributed by atoms with van der Waals surface area (Å²) in [7, 11) is -3.70. The number of benzene rings is 2. The molecule has 2 aromatic carbocycles. The SMILES string of the molecule is CC1(C(=O)NCc2ccc(Cl)cc2)CN(S(C)(=O)=O)CC(=O)N1Cc1ccc(F)cc1. The molecule has 1 atom stereocenters. The van der Waals surface area contributed by atoms with E-state index in [-0.39, 0.29) is 26.2 Å². The van der Waals surface area contributed by atoms with E-state index in [4.69, 9.17) is 11.6 Å². The van der Waals surface area contributed by atoms with Crippen LogP contribution in [-0.4, -0.2) is 54.3 Å². The van der Waals surface area contributed by atoms with Gasteiger partial charge in [-0.25, -0.2) is 12.8 Å². The summed E-state index contributed by atoms with van der Waals surface area (Å²) in [5.74, 6) is -1.42. The molecule has 1 aliphatic heterocycles. The quantitative estimate of drug-likeness (QED) is 0.705. The predicted octanol–water partition coefficient (Wildman–Crippen LogP) is 2.16. The van der Waals surface area contributed by atoms with Crippen LogP contribution in [0.5, 0.6) is 0 Å². The summed E-state index contributed by atoms with van der Waals surface area (Å²) >= 11 is 5.88. The molecule has 1 N–H and O–H groups in total. The maximum atomic E-state index is 13.3. The molecular weight excluding hydrogens is 445 g/mol. The van der Waals surface area contributed by atoms with Crippen LogP contribution in [0.2, 0.25) is 5.02 Å². The Morgan fingerprint density at radius 2 is 1.71 bits per heavy atom. The minimum absolute atomic E-state index is 0.0432. The fraction of sp³-hybridized carbons (Fsp3) is 0.333. The van der Waals surface area contributed by atoms with Crippen LogP contribution in [0, 0.1) is 5.82 Å². The van der Waals surface area contributed by atoms with E-state index in [9.17, 15) is 22.4 Å². The van der Waals surface area contributed by atoms with Gasteiger partial charge in [0, 0.05) is 24.7 Å².